The van der Waals surface area contributed by atoms with Gasteiger partial charge >= 0.3 is 0 Å². The highest BCUT2D eigenvalue weighted by molar-refractivity contribution is 5.64. The Morgan fingerprint density at radius 2 is 1.67 bits per heavy atom. The Hall–Kier alpha value is -2.91. The molecule has 0 spiro atoms. The molecule has 3 rings (SSSR count). The normalized spacial score (nSPS) is 11.7. The second kappa shape index (κ2) is 9.70. The molecule has 2 aromatic carbocycles. The van der Waals surface area contributed by atoms with Crippen molar-refractivity contribution in [3.63, 3.8) is 0 Å². The molecule has 3 heteroatoms. The van der Waals surface area contributed by atoms with E-state index in [1.165, 1.54) is 11.1 Å². The summed E-state index contributed by atoms with van der Waals surface area (Å²) in [6, 6.07) is 20.4. The molecule has 0 radical (unpaired) electrons. The smallest absolute Gasteiger partial charge is 0.119 e. The summed E-state index contributed by atoms with van der Waals surface area (Å²) >= 11 is 0. The molecule has 1 aromatic heterocycles. The lowest BCUT2D eigenvalue weighted by molar-refractivity contribution is 0.100. The maximum Gasteiger partial charge on any atom is 0.119 e. The number of rotatable bonds is 9. The summed E-state index contributed by atoms with van der Waals surface area (Å²) in [5.74, 6) is 0.766. The van der Waals surface area contributed by atoms with Crippen LogP contribution in [0.4, 0.5) is 0 Å². The van der Waals surface area contributed by atoms with Crippen molar-refractivity contribution in [1.29, 1.82) is 0 Å². The van der Waals surface area contributed by atoms with Crippen LogP contribution in [0.3, 0.4) is 0 Å². The van der Waals surface area contributed by atoms with Gasteiger partial charge in [0.05, 0.1) is 6.10 Å². The van der Waals surface area contributed by atoms with Gasteiger partial charge in [-0.05, 0) is 59.7 Å². The van der Waals surface area contributed by atoms with Crippen LogP contribution >= 0.6 is 0 Å². The van der Waals surface area contributed by atoms with Crippen LogP contribution < -0.4 is 4.74 Å². The van der Waals surface area contributed by atoms with Gasteiger partial charge in [-0.1, -0.05) is 48.5 Å². The van der Waals surface area contributed by atoms with Crippen LogP contribution in [0.15, 0.2) is 85.7 Å². The Labute approximate surface area is 161 Å². The fourth-order valence-corrected chi connectivity index (χ4v) is 2.90. The van der Waals surface area contributed by atoms with Gasteiger partial charge in [-0.3, -0.25) is 4.98 Å². The molecular weight excluding hydrogens is 334 g/mol. The number of pyridine rings is 1. The van der Waals surface area contributed by atoms with E-state index in [1.807, 2.05) is 48.7 Å². The molecule has 3 nitrogen and oxygen atoms in total. The minimum Gasteiger partial charge on any atom is -0.491 e. The number of benzene rings is 2. The molecule has 1 N–H and O–H groups in total. The van der Waals surface area contributed by atoms with Crippen molar-refractivity contribution in [2.75, 3.05) is 6.61 Å². The summed E-state index contributed by atoms with van der Waals surface area (Å²) < 4.78 is 5.72. The van der Waals surface area contributed by atoms with E-state index in [-0.39, 0.29) is 6.61 Å². The number of nitrogens with zero attached hydrogens (tertiary/aromatic N) is 1. The van der Waals surface area contributed by atoms with Gasteiger partial charge in [0.15, 0.2) is 0 Å². The third-order valence-electron chi connectivity index (χ3n) is 4.45. The summed E-state index contributed by atoms with van der Waals surface area (Å²) in [4.78, 5) is 4.09. The lowest BCUT2D eigenvalue weighted by Gasteiger charge is -2.13. The van der Waals surface area contributed by atoms with Crippen LogP contribution in [-0.4, -0.2) is 22.8 Å². The summed E-state index contributed by atoms with van der Waals surface area (Å²) in [5.41, 5.74) is 4.70. The molecule has 27 heavy (non-hydrogen) atoms. The van der Waals surface area contributed by atoms with Crippen molar-refractivity contribution in [3.8, 4) is 16.9 Å². The first-order valence-corrected chi connectivity index (χ1v) is 9.24. The van der Waals surface area contributed by atoms with Gasteiger partial charge in [0.25, 0.3) is 0 Å². The average Bonchev–Trinajstić information content (AvgIpc) is 2.73. The first-order valence-electron chi connectivity index (χ1n) is 9.24. The summed E-state index contributed by atoms with van der Waals surface area (Å²) in [6.45, 7) is 4.06. The Bertz CT molecular complexity index is 827. The molecule has 0 fully saturated rings. The van der Waals surface area contributed by atoms with Crippen LogP contribution in [0.1, 0.15) is 17.5 Å². The number of aryl methyl sites for hydroxylation is 1. The zero-order chi connectivity index (χ0) is 18.9. The van der Waals surface area contributed by atoms with Crippen molar-refractivity contribution in [2.24, 2.45) is 0 Å². The molecule has 3 aromatic rings. The SMILES string of the molecule is C=CCc1ccc(-c2ccc(OCC(O)CCc3cccnc3)cc2)cc1. The van der Waals surface area contributed by atoms with E-state index >= 15 is 0 Å². The van der Waals surface area contributed by atoms with E-state index in [0.29, 0.717) is 6.42 Å². The predicted octanol–water partition coefficient (Wildman–Crippen LogP) is 4.85. The quantitative estimate of drug-likeness (QED) is 0.555. The summed E-state index contributed by atoms with van der Waals surface area (Å²) in [6.07, 6.45) is 7.32. The summed E-state index contributed by atoms with van der Waals surface area (Å²) in [7, 11) is 0. The summed E-state index contributed by atoms with van der Waals surface area (Å²) in [5, 5.41) is 10.1. The zero-order valence-corrected chi connectivity index (χ0v) is 15.4. The molecule has 1 heterocycles. The van der Waals surface area contributed by atoms with Gasteiger partial charge < -0.3 is 9.84 Å². The molecule has 0 amide bonds. The highest BCUT2D eigenvalue weighted by Gasteiger charge is 2.06. The third kappa shape index (κ3) is 5.80. The number of hydrogen-bond donors (Lipinski definition) is 1. The number of hydrogen-bond acceptors (Lipinski definition) is 3. The maximum absolute atomic E-state index is 10.1. The second-order valence-electron chi connectivity index (χ2n) is 6.58. The molecule has 1 unspecified atom stereocenters. The first kappa shape index (κ1) is 18.9. The van der Waals surface area contributed by atoms with Crippen molar-refractivity contribution in [2.45, 2.75) is 25.4 Å². The monoisotopic (exact) mass is 359 g/mol. The van der Waals surface area contributed by atoms with E-state index in [4.69, 9.17) is 4.74 Å². The topological polar surface area (TPSA) is 42.4 Å². The molecule has 0 aliphatic rings. The number of aliphatic hydroxyl groups excluding tert-OH is 1. The fraction of sp³-hybridized carbons (Fsp3) is 0.208. The van der Waals surface area contributed by atoms with Gasteiger partial charge in [0.2, 0.25) is 0 Å². The van der Waals surface area contributed by atoms with E-state index < -0.39 is 6.10 Å². The molecule has 0 aliphatic carbocycles. The minimum absolute atomic E-state index is 0.288. The van der Waals surface area contributed by atoms with Gasteiger partial charge in [-0.2, -0.15) is 0 Å². The lowest BCUT2D eigenvalue weighted by atomic mass is 10.0. The van der Waals surface area contributed by atoms with Crippen molar-refractivity contribution in [1.82, 2.24) is 4.98 Å². The molecule has 0 bridgehead atoms. The van der Waals surface area contributed by atoms with E-state index in [2.05, 4.69) is 35.8 Å². The number of aliphatic hydroxyl groups is 1. The van der Waals surface area contributed by atoms with E-state index in [1.54, 1.807) is 6.20 Å². The van der Waals surface area contributed by atoms with E-state index in [9.17, 15) is 5.11 Å². The minimum atomic E-state index is -0.498. The Morgan fingerprint density at radius 3 is 2.30 bits per heavy atom. The van der Waals surface area contributed by atoms with Gasteiger partial charge in [-0.15, -0.1) is 6.58 Å². The largest absolute Gasteiger partial charge is 0.491 e. The van der Waals surface area contributed by atoms with Crippen LogP contribution in [0.5, 0.6) is 5.75 Å². The van der Waals surface area contributed by atoms with Gasteiger partial charge in [-0.25, -0.2) is 0 Å². The van der Waals surface area contributed by atoms with Gasteiger partial charge in [0, 0.05) is 12.4 Å². The number of aromatic nitrogens is 1. The number of allylic oxidation sites excluding steroid dienone is 1. The number of ether oxygens (including phenoxy) is 1. The van der Waals surface area contributed by atoms with Crippen molar-refractivity contribution >= 4 is 0 Å². The van der Waals surface area contributed by atoms with Gasteiger partial charge in [0.1, 0.15) is 12.4 Å². The van der Waals surface area contributed by atoms with Crippen LogP contribution in [0, 0.1) is 0 Å². The van der Waals surface area contributed by atoms with Crippen LogP contribution in [0.25, 0.3) is 11.1 Å². The first-order chi connectivity index (χ1) is 13.2. The van der Waals surface area contributed by atoms with Crippen LogP contribution in [-0.2, 0) is 12.8 Å². The lowest BCUT2D eigenvalue weighted by Crippen LogP contribution is -2.18. The second-order valence-corrected chi connectivity index (χ2v) is 6.58. The van der Waals surface area contributed by atoms with E-state index in [0.717, 1.165) is 29.7 Å². The zero-order valence-electron chi connectivity index (χ0n) is 15.4. The molecule has 138 valence electrons. The Kier molecular flexibility index (Phi) is 6.78. The highest BCUT2D eigenvalue weighted by atomic mass is 16.5. The molecule has 1 atom stereocenters. The molecular formula is C24H25NO2. The third-order valence-corrected chi connectivity index (χ3v) is 4.45. The van der Waals surface area contributed by atoms with Crippen molar-refractivity contribution in [3.05, 3.63) is 96.8 Å². The van der Waals surface area contributed by atoms with Crippen molar-refractivity contribution < 1.29 is 9.84 Å². The average molecular weight is 359 g/mol. The van der Waals surface area contributed by atoms with Crippen LogP contribution in [0.2, 0.25) is 0 Å². The maximum atomic E-state index is 10.1. The Morgan fingerprint density at radius 1 is 0.963 bits per heavy atom. The molecule has 0 saturated heterocycles. The predicted molar refractivity (Wildman–Crippen MR) is 110 cm³/mol. The highest BCUT2D eigenvalue weighted by Crippen LogP contribution is 2.23. The fourth-order valence-electron chi connectivity index (χ4n) is 2.90. The standard InChI is InChI=1S/C24H25NO2/c1-2-4-19-6-9-21(10-7-19)22-11-14-24(15-12-22)27-18-23(26)13-8-20-5-3-16-25-17-20/h2-3,5-7,9-12,14-17,23,26H,1,4,8,13,18H2. The molecule has 0 saturated carbocycles. The Balaban J connectivity index is 1.49. The molecule has 0 aliphatic heterocycles.